The van der Waals surface area contributed by atoms with Crippen LogP contribution in [-0.2, 0) is 29.5 Å². The second-order valence-electron chi connectivity index (χ2n) is 6.28. The van der Waals surface area contributed by atoms with E-state index in [-0.39, 0.29) is 42.4 Å². The molecule has 3 rings (SSSR count). The molecular weight excluding hydrogens is 439 g/mol. The number of carbonyl (C=O) groups is 1. The molecule has 2 aromatic rings. The number of carbonyl (C=O) groups excluding carboxylic acids is 1. The van der Waals surface area contributed by atoms with Crippen LogP contribution in [-0.4, -0.2) is 60.5 Å². The monoisotopic (exact) mass is 458 g/mol. The van der Waals surface area contributed by atoms with Crippen LogP contribution in [0.25, 0.3) is 0 Å². The lowest BCUT2D eigenvalue weighted by Gasteiger charge is -2.26. The number of methoxy groups -OCH3 is 1. The molecule has 0 spiro atoms. The molecule has 30 heavy (non-hydrogen) atoms. The zero-order chi connectivity index (χ0) is 21.9. The van der Waals surface area contributed by atoms with Crippen molar-refractivity contribution in [2.45, 2.75) is 9.79 Å². The molecule has 0 bridgehead atoms. The van der Waals surface area contributed by atoms with Gasteiger partial charge in [-0.2, -0.15) is 4.31 Å². The summed E-state index contributed by atoms with van der Waals surface area (Å²) in [6.45, 7) is 0.526. The molecule has 1 N–H and O–H groups in total. The Bertz CT molecular complexity index is 1140. The summed E-state index contributed by atoms with van der Waals surface area (Å²) in [6.07, 6.45) is 0. The summed E-state index contributed by atoms with van der Waals surface area (Å²) in [5.74, 6) is -1.62. The van der Waals surface area contributed by atoms with Gasteiger partial charge in [0.1, 0.15) is 10.7 Å². The maximum Gasteiger partial charge on any atom is 0.337 e. The Morgan fingerprint density at radius 2 is 1.70 bits per heavy atom. The largest absolute Gasteiger partial charge is 0.465 e. The molecule has 1 aliphatic rings. The standard InChI is InChI=1S/C18H19FN2O7S2/c1-27-18(22)13-2-5-15(6-3-13)29(23,24)20-14-4-7-16(19)17(12-14)30(25,26)21-8-10-28-11-9-21/h2-7,12,20H,8-11H2,1H3. The van der Waals surface area contributed by atoms with Crippen molar-refractivity contribution in [3.63, 3.8) is 0 Å². The van der Waals surface area contributed by atoms with E-state index in [4.69, 9.17) is 4.74 Å². The number of rotatable bonds is 6. The number of sulfonamides is 2. The lowest BCUT2D eigenvalue weighted by atomic mass is 10.2. The number of nitrogens with one attached hydrogen (secondary N) is 1. The SMILES string of the molecule is COC(=O)c1ccc(S(=O)(=O)Nc2ccc(F)c(S(=O)(=O)N3CCOCC3)c2)cc1. The fourth-order valence-electron chi connectivity index (χ4n) is 2.79. The van der Waals surface area contributed by atoms with Crippen molar-refractivity contribution in [3.8, 4) is 0 Å². The highest BCUT2D eigenvalue weighted by Gasteiger charge is 2.29. The molecule has 1 saturated heterocycles. The predicted molar refractivity (Wildman–Crippen MR) is 105 cm³/mol. The fraction of sp³-hybridized carbons (Fsp3) is 0.278. The number of ether oxygens (including phenoxy) is 2. The number of hydrogen-bond acceptors (Lipinski definition) is 7. The van der Waals surface area contributed by atoms with Gasteiger partial charge in [0.25, 0.3) is 10.0 Å². The highest BCUT2D eigenvalue weighted by molar-refractivity contribution is 7.92. The summed E-state index contributed by atoms with van der Waals surface area (Å²) < 4.78 is 77.9. The molecule has 2 aromatic carbocycles. The normalized spacial score (nSPS) is 15.5. The Morgan fingerprint density at radius 1 is 1.07 bits per heavy atom. The summed E-state index contributed by atoms with van der Waals surface area (Å²) in [7, 11) is -7.08. The molecule has 0 unspecified atom stereocenters. The molecule has 0 saturated carbocycles. The molecule has 9 nitrogen and oxygen atoms in total. The van der Waals surface area contributed by atoms with E-state index in [1.54, 1.807) is 0 Å². The smallest absolute Gasteiger partial charge is 0.337 e. The minimum Gasteiger partial charge on any atom is -0.465 e. The summed E-state index contributed by atoms with van der Waals surface area (Å²) in [6, 6.07) is 7.88. The molecule has 162 valence electrons. The minimum absolute atomic E-state index is 0.0737. The van der Waals surface area contributed by atoms with Crippen molar-refractivity contribution in [1.82, 2.24) is 4.31 Å². The maximum atomic E-state index is 14.3. The second-order valence-corrected chi connectivity index (χ2v) is 9.87. The van der Waals surface area contributed by atoms with Gasteiger partial charge in [0.05, 0.1) is 36.5 Å². The summed E-state index contributed by atoms with van der Waals surface area (Å²) >= 11 is 0. The zero-order valence-corrected chi connectivity index (χ0v) is 17.5. The number of hydrogen-bond donors (Lipinski definition) is 1. The third-order valence-corrected chi connectivity index (χ3v) is 7.67. The van der Waals surface area contributed by atoms with E-state index in [1.165, 1.54) is 31.4 Å². The van der Waals surface area contributed by atoms with E-state index in [9.17, 15) is 26.0 Å². The van der Waals surface area contributed by atoms with Crippen LogP contribution < -0.4 is 4.72 Å². The second kappa shape index (κ2) is 8.68. The first kappa shape index (κ1) is 22.2. The molecule has 1 aliphatic heterocycles. The topological polar surface area (TPSA) is 119 Å². The summed E-state index contributed by atoms with van der Waals surface area (Å²) in [5.41, 5.74) is 0.0393. The first-order chi connectivity index (χ1) is 14.1. The number of esters is 1. The first-order valence-corrected chi connectivity index (χ1v) is 11.7. The Balaban J connectivity index is 1.88. The van der Waals surface area contributed by atoms with Gasteiger partial charge < -0.3 is 9.47 Å². The molecule has 12 heteroatoms. The van der Waals surface area contributed by atoms with Crippen molar-refractivity contribution in [1.29, 1.82) is 0 Å². The van der Waals surface area contributed by atoms with Crippen molar-refractivity contribution in [2.75, 3.05) is 38.1 Å². The molecule has 1 heterocycles. The number of benzene rings is 2. The van der Waals surface area contributed by atoms with E-state index in [1.807, 2.05) is 0 Å². The molecule has 0 radical (unpaired) electrons. The first-order valence-electron chi connectivity index (χ1n) is 8.74. The maximum absolute atomic E-state index is 14.3. The Kier molecular flexibility index (Phi) is 6.41. The summed E-state index contributed by atoms with van der Waals surface area (Å²) in [5, 5.41) is 0. The molecule has 1 fully saturated rings. The molecule has 0 amide bonds. The third-order valence-electron chi connectivity index (χ3n) is 4.36. The van der Waals surface area contributed by atoms with Crippen LogP contribution in [0.4, 0.5) is 10.1 Å². The Morgan fingerprint density at radius 3 is 2.30 bits per heavy atom. The average molecular weight is 458 g/mol. The number of morpholine rings is 1. The molecule has 0 atom stereocenters. The third kappa shape index (κ3) is 4.61. The van der Waals surface area contributed by atoms with Crippen LogP contribution in [0.2, 0.25) is 0 Å². The fourth-order valence-corrected chi connectivity index (χ4v) is 5.34. The van der Waals surface area contributed by atoms with Gasteiger partial charge in [0, 0.05) is 13.1 Å². The van der Waals surface area contributed by atoms with Crippen LogP contribution in [0.3, 0.4) is 0 Å². The lowest BCUT2D eigenvalue weighted by molar-refractivity contribution is 0.0600. The van der Waals surface area contributed by atoms with Crippen LogP contribution in [0, 0.1) is 5.82 Å². The van der Waals surface area contributed by atoms with Gasteiger partial charge in [0.2, 0.25) is 10.0 Å². The highest BCUT2D eigenvalue weighted by Crippen LogP contribution is 2.25. The average Bonchev–Trinajstić information content (AvgIpc) is 2.75. The van der Waals surface area contributed by atoms with Crippen LogP contribution in [0.1, 0.15) is 10.4 Å². The number of anilines is 1. The Labute approximate surface area is 173 Å². The van der Waals surface area contributed by atoms with Gasteiger partial charge in [-0.1, -0.05) is 0 Å². The van der Waals surface area contributed by atoms with Crippen molar-refractivity contribution in [2.24, 2.45) is 0 Å². The lowest BCUT2D eigenvalue weighted by Crippen LogP contribution is -2.40. The van der Waals surface area contributed by atoms with Gasteiger partial charge in [-0.25, -0.2) is 26.0 Å². The van der Waals surface area contributed by atoms with Crippen molar-refractivity contribution >= 4 is 31.7 Å². The molecule has 0 aromatic heterocycles. The highest BCUT2D eigenvalue weighted by atomic mass is 32.2. The van der Waals surface area contributed by atoms with E-state index < -0.39 is 36.7 Å². The summed E-state index contributed by atoms with van der Waals surface area (Å²) in [4.78, 5) is 10.7. The van der Waals surface area contributed by atoms with Gasteiger partial charge >= 0.3 is 5.97 Å². The molecule has 0 aliphatic carbocycles. The quantitative estimate of drug-likeness (QED) is 0.651. The number of nitrogens with zero attached hydrogens (tertiary/aromatic N) is 1. The van der Waals surface area contributed by atoms with Crippen LogP contribution in [0.15, 0.2) is 52.3 Å². The Hall–Kier alpha value is -2.54. The number of halogens is 1. The van der Waals surface area contributed by atoms with E-state index in [0.29, 0.717) is 0 Å². The van der Waals surface area contributed by atoms with Gasteiger partial charge in [-0.15, -0.1) is 0 Å². The van der Waals surface area contributed by atoms with E-state index in [2.05, 4.69) is 9.46 Å². The van der Waals surface area contributed by atoms with Crippen molar-refractivity contribution in [3.05, 3.63) is 53.8 Å². The van der Waals surface area contributed by atoms with E-state index >= 15 is 0 Å². The predicted octanol–water partition coefficient (Wildman–Crippen LogP) is 1.43. The van der Waals surface area contributed by atoms with Crippen molar-refractivity contribution < 1.29 is 35.5 Å². The zero-order valence-electron chi connectivity index (χ0n) is 15.9. The van der Waals surface area contributed by atoms with E-state index in [0.717, 1.165) is 22.5 Å². The minimum atomic E-state index is -4.16. The van der Waals surface area contributed by atoms with Crippen LogP contribution >= 0.6 is 0 Å². The van der Waals surface area contributed by atoms with Gasteiger partial charge in [-0.3, -0.25) is 4.72 Å². The van der Waals surface area contributed by atoms with Gasteiger partial charge in [0.15, 0.2) is 0 Å². The van der Waals surface area contributed by atoms with Gasteiger partial charge in [-0.05, 0) is 42.5 Å². The van der Waals surface area contributed by atoms with Crippen LogP contribution in [0.5, 0.6) is 0 Å². The molecular formula is C18H19FN2O7S2.